The Morgan fingerprint density at radius 1 is 1.24 bits per heavy atom. The van der Waals surface area contributed by atoms with Gasteiger partial charge in [0.15, 0.2) is 6.04 Å². The standard InChI is InChI=1S/C14H16N2O/c1-16-14(17)13(15)9-10-6-7-11-4-2-3-5-12(11)8-10/h2-8,13H,9,15H2,1H3,(H,16,17)/p+1/t13-/m0/s1. The quantitative estimate of drug-likeness (QED) is 0.801. The van der Waals surface area contributed by atoms with Crippen molar-refractivity contribution in [3.63, 3.8) is 0 Å². The van der Waals surface area contributed by atoms with E-state index in [4.69, 9.17) is 0 Å². The predicted molar refractivity (Wildman–Crippen MR) is 68.4 cm³/mol. The van der Waals surface area contributed by atoms with E-state index in [2.05, 4.69) is 41.4 Å². The zero-order valence-electron chi connectivity index (χ0n) is 9.94. The fourth-order valence-corrected chi connectivity index (χ4v) is 1.95. The summed E-state index contributed by atoms with van der Waals surface area (Å²) in [7, 11) is 1.64. The molecule has 0 bridgehead atoms. The minimum Gasteiger partial charge on any atom is -0.354 e. The van der Waals surface area contributed by atoms with Crippen LogP contribution in [-0.2, 0) is 11.2 Å². The van der Waals surface area contributed by atoms with Crippen molar-refractivity contribution in [3.05, 3.63) is 48.0 Å². The summed E-state index contributed by atoms with van der Waals surface area (Å²) in [5, 5.41) is 5.04. The summed E-state index contributed by atoms with van der Waals surface area (Å²) in [6.07, 6.45) is 0.671. The molecule has 88 valence electrons. The second-order valence-corrected chi connectivity index (χ2v) is 4.20. The van der Waals surface area contributed by atoms with E-state index >= 15 is 0 Å². The maximum absolute atomic E-state index is 11.4. The van der Waals surface area contributed by atoms with Gasteiger partial charge in [-0.2, -0.15) is 0 Å². The lowest BCUT2D eigenvalue weighted by molar-refractivity contribution is -0.403. The van der Waals surface area contributed by atoms with Gasteiger partial charge in [0.1, 0.15) is 0 Å². The van der Waals surface area contributed by atoms with E-state index in [0.29, 0.717) is 6.42 Å². The molecule has 2 aromatic rings. The predicted octanol–water partition coefficient (Wildman–Crippen LogP) is 0.739. The zero-order chi connectivity index (χ0) is 12.3. The Morgan fingerprint density at radius 3 is 2.65 bits per heavy atom. The number of benzene rings is 2. The van der Waals surface area contributed by atoms with Crippen molar-refractivity contribution >= 4 is 16.7 Å². The van der Waals surface area contributed by atoms with E-state index in [1.54, 1.807) is 7.05 Å². The van der Waals surface area contributed by atoms with E-state index in [-0.39, 0.29) is 11.9 Å². The van der Waals surface area contributed by atoms with Gasteiger partial charge in [0.05, 0.1) is 0 Å². The second kappa shape index (κ2) is 4.97. The first-order valence-corrected chi connectivity index (χ1v) is 5.73. The van der Waals surface area contributed by atoms with Gasteiger partial charge >= 0.3 is 0 Å². The molecule has 4 N–H and O–H groups in total. The molecule has 2 aromatic carbocycles. The van der Waals surface area contributed by atoms with Crippen LogP contribution in [0.4, 0.5) is 0 Å². The molecule has 0 radical (unpaired) electrons. The maximum Gasteiger partial charge on any atom is 0.278 e. The Balaban J connectivity index is 2.22. The van der Waals surface area contributed by atoms with Crippen LogP contribution in [0.3, 0.4) is 0 Å². The summed E-state index contributed by atoms with van der Waals surface area (Å²) >= 11 is 0. The van der Waals surface area contributed by atoms with Gasteiger partial charge in [0.25, 0.3) is 5.91 Å². The minimum atomic E-state index is -0.235. The monoisotopic (exact) mass is 229 g/mol. The normalized spacial score (nSPS) is 12.4. The summed E-state index contributed by atoms with van der Waals surface area (Å²) < 4.78 is 0. The highest BCUT2D eigenvalue weighted by Gasteiger charge is 2.15. The third-order valence-electron chi connectivity index (χ3n) is 2.91. The van der Waals surface area contributed by atoms with Crippen LogP contribution in [0.1, 0.15) is 5.56 Å². The van der Waals surface area contributed by atoms with Crippen molar-refractivity contribution in [1.29, 1.82) is 0 Å². The summed E-state index contributed by atoms with van der Waals surface area (Å²) in [6, 6.07) is 14.2. The van der Waals surface area contributed by atoms with Crippen LogP contribution < -0.4 is 11.1 Å². The minimum absolute atomic E-state index is 0.0156. The molecule has 17 heavy (non-hydrogen) atoms. The van der Waals surface area contributed by atoms with Crippen LogP contribution in [0.5, 0.6) is 0 Å². The SMILES string of the molecule is CNC(=O)[C@@H]([NH3+])Cc1ccc2ccccc2c1. The first-order chi connectivity index (χ1) is 8.20. The first-order valence-electron chi connectivity index (χ1n) is 5.73. The van der Waals surface area contributed by atoms with Gasteiger partial charge in [0.2, 0.25) is 0 Å². The highest BCUT2D eigenvalue weighted by Crippen LogP contribution is 2.16. The molecular formula is C14H17N2O+. The van der Waals surface area contributed by atoms with E-state index in [1.165, 1.54) is 10.8 Å². The average molecular weight is 229 g/mol. The van der Waals surface area contributed by atoms with Crippen molar-refractivity contribution in [2.45, 2.75) is 12.5 Å². The number of rotatable bonds is 3. The van der Waals surface area contributed by atoms with Gasteiger partial charge in [-0.3, -0.25) is 4.79 Å². The number of amides is 1. The molecule has 0 aliphatic heterocycles. The lowest BCUT2D eigenvalue weighted by Gasteiger charge is -2.08. The van der Waals surface area contributed by atoms with Crippen LogP contribution in [0.15, 0.2) is 42.5 Å². The number of carbonyl (C=O) groups is 1. The van der Waals surface area contributed by atoms with Crippen LogP contribution in [-0.4, -0.2) is 19.0 Å². The van der Waals surface area contributed by atoms with Crippen molar-refractivity contribution in [2.24, 2.45) is 0 Å². The smallest absolute Gasteiger partial charge is 0.278 e. The molecule has 2 rings (SSSR count). The molecule has 1 atom stereocenters. The molecular weight excluding hydrogens is 212 g/mol. The fraction of sp³-hybridized carbons (Fsp3) is 0.214. The molecule has 1 amide bonds. The van der Waals surface area contributed by atoms with Crippen LogP contribution in [0, 0.1) is 0 Å². The van der Waals surface area contributed by atoms with Gasteiger partial charge in [-0.1, -0.05) is 42.5 Å². The van der Waals surface area contributed by atoms with Crippen LogP contribution in [0.2, 0.25) is 0 Å². The summed E-state index contributed by atoms with van der Waals surface area (Å²) in [5.74, 6) is -0.0156. The highest BCUT2D eigenvalue weighted by molar-refractivity contribution is 5.84. The van der Waals surface area contributed by atoms with Gasteiger partial charge in [-0.25, -0.2) is 0 Å². The second-order valence-electron chi connectivity index (χ2n) is 4.20. The van der Waals surface area contributed by atoms with Crippen LogP contribution >= 0.6 is 0 Å². The van der Waals surface area contributed by atoms with Crippen LogP contribution in [0.25, 0.3) is 10.8 Å². The number of quaternary nitrogens is 1. The molecule has 3 nitrogen and oxygen atoms in total. The summed E-state index contributed by atoms with van der Waals surface area (Å²) in [4.78, 5) is 11.4. The summed E-state index contributed by atoms with van der Waals surface area (Å²) in [5.41, 5.74) is 5.02. The van der Waals surface area contributed by atoms with E-state index < -0.39 is 0 Å². The third-order valence-corrected chi connectivity index (χ3v) is 2.91. The molecule has 0 aliphatic rings. The molecule has 0 aromatic heterocycles. The van der Waals surface area contributed by atoms with Gasteiger partial charge in [-0.05, 0) is 16.3 Å². The van der Waals surface area contributed by atoms with Crippen molar-refractivity contribution in [2.75, 3.05) is 7.05 Å². The number of likely N-dealkylation sites (N-methyl/N-ethyl adjacent to an activating group) is 1. The largest absolute Gasteiger partial charge is 0.354 e. The first kappa shape index (κ1) is 11.6. The lowest BCUT2D eigenvalue weighted by atomic mass is 10.0. The van der Waals surface area contributed by atoms with Crippen molar-refractivity contribution in [1.82, 2.24) is 5.32 Å². The molecule has 0 fully saturated rings. The highest BCUT2D eigenvalue weighted by atomic mass is 16.2. The number of hydrogen-bond acceptors (Lipinski definition) is 1. The van der Waals surface area contributed by atoms with E-state index in [0.717, 1.165) is 5.56 Å². The Kier molecular flexibility index (Phi) is 3.40. The third kappa shape index (κ3) is 2.63. The molecule has 0 aliphatic carbocycles. The van der Waals surface area contributed by atoms with Crippen molar-refractivity contribution < 1.29 is 10.5 Å². The number of carbonyl (C=O) groups excluding carboxylic acids is 1. The van der Waals surface area contributed by atoms with Gasteiger partial charge in [-0.15, -0.1) is 0 Å². The molecule has 0 saturated carbocycles. The number of fused-ring (bicyclic) bond motifs is 1. The Hall–Kier alpha value is -1.87. The number of hydrogen-bond donors (Lipinski definition) is 2. The van der Waals surface area contributed by atoms with E-state index in [9.17, 15) is 4.79 Å². The Bertz CT molecular complexity index is 536. The molecule has 0 spiro atoms. The van der Waals surface area contributed by atoms with Crippen molar-refractivity contribution in [3.8, 4) is 0 Å². The van der Waals surface area contributed by atoms with Gasteiger partial charge < -0.3 is 11.1 Å². The zero-order valence-corrected chi connectivity index (χ0v) is 9.94. The molecule has 3 heteroatoms. The topological polar surface area (TPSA) is 56.7 Å². The lowest BCUT2D eigenvalue weighted by Crippen LogP contribution is -2.68. The molecule has 0 unspecified atom stereocenters. The molecule has 0 saturated heterocycles. The average Bonchev–Trinajstić information content (AvgIpc) is 2.37. The molecule has 0 heterocycles. The maximum atomic E-state index is 11.4. The Morgan fingerprint density at radius 2 is 1.94 bits per heavy atom. The fourth-order valence-electron chi connectivity index (χ4n) is 1.95. The summed E-state index contributed by atoms with van der Waals surface area (Å²) in [6.45, 7) is 0. The van der Waals surface area contributed by atoms with E-state index in [1.807, 2.05) is 12.1 Å². The van der Waals surface area contributed by atoms with Gasteiger partial charge in [0, 0.05) is 13.5 Å². The Labute approximate surface area is 101 Å². The number of nitrogens with one attached hydrogen (secondary N) is 1.